The summed E-state index contributed by atoms with van der Waals surface area (Å²) in [5.41, 5.74) is 1.00. The Morgan fingerprint density at radius 3 is 2.81 bits per heavy atom. The number of ether oxygens (including phenoxy) is 2. The van der Waals surface area contributed by atoms with Crippen molar-refractivity contribution in [3.8, 4) is 11.6 Å². The summed E-state index contributed by atoms with van der Waals surface area (Å²) >= 11 is 0. The summed E-state index contributed by atoms with van der Waals surface area (Å²) in [5.74, 6) is 0.979. The maximum Gasteiger partial charge on any atom is 0.225 e. The predicted molar refractivity (Wildman–Crippen MR) is 96.3 cm³/mol. The van der Waals surface area contributed by atoms with Crippen molar-refractivity contribution >= 4 is 16.6 Å². The van der Waals surface area contributed by atoms with E-state index in [9.17, 15) is 5.11 Å². The van der Waals surface area contributed by atoms with Gasteiger partial charge in [-0.25, -0.2) is 14.8 Å². The number of fused-ring (bicyclic) bond motifs is 2. The van der Waals surface area contributed by atoms with Crippen LogP contribution >= 0.6 is 0 Å². The minimum atomic E-state index is -0.940. The van der Waals surface area contributed by atoms with Gasteiger partial charge in [-0.05, 0) is 38.1 Å². The van der Waals surface area contributed by atoms with Gasteiger partial charge >= 0.3 is 0 Å². The van der Waals surface area contributed by atoms with E-state index in [0.717, 1.165) is 10.9 Å². The molecule has 2 heterocycles. The van der Waals surface area contributed by atoms with Crippen LogP contribution in [-0.2, 0) is 0 Å². The largest absolute Gasteiger partial charge is 0.485 e. The van der Waals surface area contributed by atoms with Crippen molar-refractivity contribution in [1.29, 1.82) is 0 Å². The van der Waals surface area contributed by atoms with E-state index in [1.54, 1.807) is 32.0 Å². The smallest absolute Gasteiger partial charge is 0.225 e. The monoisotopic (exact) mass is 347 g/mol. The van der Waals surface area contributed by atoms with Crippen LogP contribution in [0, 0.1) is 6.57 Å². The number of aliphatic hydroxyl groups excluding tert-OH is 1. The zero-order valence-electron chi connectivity index (χ0n) is 14.4. The number of aliphatic hydroxyl groups is 1. The van der Waals surface area contributed by atoms with Gasteiger partial charge < -0.3 is 14.6 Å². The molecule has 0 amide bonds. The van der Waals surface area contributed by atoms with E-state index in [4.69, 9.17) is 16.0 Å². The lowest BCUT2D eigenvalue weighted by molar-refractivity contribution is -0.103. The van der Waals surface area contributed by atoms with Crippen molar-refractivity contribution in [3.63, 3.8) is 0 Å². The standard InChI is InChI=1S/C20H17N3O3/c1-20(2)18(24)17(14-10-12(21-3)8-9-16(14)26-20)25-19-13-6-4-5-7-15(13)22-11-23-19/h4-11,17-18,24H,1-2H3/t17-,18+/m1/s1. The molecule has 0 unspecified atom stereocenters. The summed E-state index contributed by atoms with van der Waals surface area (Å²) in [5, 5.41) is 11.6. The number of hydrogen-bond acceptors (Lipinski definition) is 5. The van der Waals surface area contributed by atoms with Gasteiger partial charge in [0.15, 0.2) is 11.8 Å². The van der Waals surface area contributed by atoms with Crippen molar-refractivity contribution in [2.75, 3.05) is 0 Å². The van der Waals surface area contributed by atoms with Crippen LogP contribution in [0.15, 0.2) is 48.8 Å². The van der Waals surface area contributed by atoms with Gasteiger partial charge in [-0.2, -0.15) is 0 Å². The van der Waals surface area contributed by atoms with E-state index in [0.29, 0.717) is 22.9 Å². The van der Waals surface area contributed by atoms with Crippen LogP contribution in [0.3, 0.4) is 0 Å². The third kappa shape index (κ3) is 2.63. The Kier molecular flexibility index (Phi) is 3.74. The topological polar surface area (TPSA) is 68.8 Å². The molecule has 1 aromatic heterocycles. The van der Waals surface area contributed by atoms with Crippen LogP contribution < -0.4 is 9.47 Å². The van der Waals surface area contributed by atoms with Crippen molar-refractivity contribution < 1.29 is 14.6 Å². The van der Waals surface area contributed by atoms with Crippen LogP contribution in [-0.4, -0.2) is 26.8 Å². The lowest BCUT2D eigenvalue weighted by atomic mass is 9.88. The van der Waals surface area contributed by atoms with E-state index in [1.165, 1.54) is 6.33 Å². The molecule has 0 saturated carbocycles. The van der Waals surface area contributed by atoms with E-state index in [1.807, 2.05) is 24.3 Å². The van der Waals surface area contributed by atoms with Gasteiger partial charge in [-0.15, -0.1) is 0 Å². The van der Waals surface area contributed by atoms with E-state index < -0.39 is 17.8 Å². The number of hydrogen-bond donors (Lipinski definition) is 1. The number of aromatic nitrogens is 2. The first kappa shape index (κ1) is 16.3. The molecule has 1 aliphatic rings. The van der Waals surface area contributed by atoms with Gasteiger partial charge in [0, 0.05) is 5.56 Å². The molecule has 130 valence electrons. The second-order valence-electron chi connectivity index (χ2n) is 6.72. The highest BCUT2D eigenvalue weighted by Crippen LogP contribution is 2.43. The van der Waals surface area contributed by atoms with Crippen LogP contribution in [0.4, 0.5) is 5.69 Å². The van der Waals surface area contributed by atoms with Crippen LogP contribution in [0.1, 0.15) is 25.5 Å². The summed E-state index contributed by atoms with van der Waals surface area (Å²) in [6.45, 7) is 10.9. The van der Waals surface area contributed by atoms with Gasteiger partial charge in [-0.1, -0.05) is 18.2 Å². The fourth-order valence-corrected chi connectivity index (χ4v) is 3.12. The van der Waals surface area contributed by atoms with E-state index >= 15 is 0 Å². The minimum Gasteiger partial charge on any atom is -0.485 e. The second-order valence-corrected chi connectivity index (χ2v) is 6.72. The molecule has 0 saturated heterocycles. The lowest BCUT2D eigenvalue weighted by Crippen LogP contribution is -2.50. The Morgan fingerprint density at radius 2 is 2.00 bits per heavy atom. The molecule has 6 heteroatoms. The Balaban J connectivity index is 1.83. The average molecular weight is 347 g/mol. The van der Waals surface area contributed by atoms with Crippen LogP contribution in [0.5, 0.6) is 11.6 Å². The third-order valence-corrected chi connectivity index (χ3v) is 4.55. The third-order valence-electron chi connectivity index (χ3n) is 4.55. The quantitative estimate of drug-likeness (QED) is 0.714. The molecule has 4 rings (SSSR count). The Labute approximate surface area is 150 Å². The predicted octanol–water partition coefficient (Wildman–Crippen LogP) is 3.83. The average Bonchev–Trinajstić information content (AvgIpc) is 2.65. The van der Waals surface area contributed by atoms with Gasteiger partial charge in [0.2, 0.25) is 5.88 Å². The molecule has 0 aliphatic carbocycles. The highest BCUT2D eigenvalue weighted by Gasteiger charge is 2.44. The summed E-state index contributed by atoms with van der Waals surface area (Å²) in [7, 11) is 0. The highest BCUT2D eigenvalue weighted by molar-refractivity contribution is 5.83. The number of para-hydroxylation sites is 1. The summed E-state index contributed by atoms with van der Waals surface area (Å²) in [6, 6.07) is 12.6. The first-order valence-corrected chi connectivity index (χ1v) is 8.24. The Bertz CT molecular complexity index is 1020. The number of nitrogens with zero attached hydrogens (tertiary/aromatic N) is 3. The first-order chi connectivity index (χ1) is 12.5. The molecular formula is C20H17N3O3. The Morgan fingerprint density at radius 1 is 1.19 bits per heavy atom. The zero-order valence-corrected chi connectivity index (χ0v) is 14.4. The second kappa shape index (κ2) is 5.97. The first-order valence-electron chi connectivity index (χ1n) is 8.24. The van der Waals surface area contributed by atoms with E-state index in [-0.39, 0.29) is 0 Å². The van der Waals surface area contributed by atoms with Crippen molar-refractivity contribution in [1.82, 2.24) is 9.97 Å². The normalized spacial score (nSPS) is 20.7. The van der Waals surface area contributed by atoms with Crippen molar-refractivity contribution in [3.05, 3.63) is 65.8 Å². The van der Waals surface area contributed by atoms with Crippen LogP contribution in [0.25, 0.3) is 15.7 Å². The number of rotatable bonds is 2. The minimum absolute atomic E-state index is 0.386. The highest BCUT2D eigenvalue weighted by atomic mass is 16.5. The van der Waals surface area contributed by atoms with Gasteiger partial charge in [0.05, 0.1) is 17.5 Å². The molecule has 0 fully saturated rings. The number of benzene rings is 2. The molecule has 6 nitrogen and oxygen atoms in total. The van der Waals surface area contributed by atoms with Crippen molar-refractivity contribution in [2.24, 2.45) is 0 Å². The van der Waals surface area contributed by atoms with Gasteiger partial charge in [-0.3, -0.25) is 0 Å². The fourth-order valence-electron chi connectivity index (χ4n) is 3.12. The van der Waals surface area contributed by atoms with Gasteiger partial charge in [0.1, 0.15) is 23.8 Å². The lowest BCUT2D eigenvalue weighted by Gasteiger charge is -2.41. The zero-order chi connectivity index (χ0) is 18.3. The molecule has 2 aromatic carbocycles. The summed E-state index contributed by atoms with van der Waals surface area (Å²) < 4.78 is 12.1. The molecule has 1 aliphatic heterocycles. The summed E-state index contributed by atoms with van der Waals surface area (Å²) in [4.78, 5) is 12.0. The maximum absolute atomic E-state index is 10.9. The van der Waals surface area contributed by atoms with Crippen LogP contribution in [0.2, 0.25) is 0 Å². The maximum atomic E-state index is 10.9. The molecule has 0 spiro atoms. The molecule has 2 atom stereocenters. The molecule has 26 heavy (non-hydrogen) atoms. The fraction of sp³-hybridized carbons (Fsp3) is 0.250. The molecule has 0 radical (unpaired) electrons. The summed E-state index contributed by atoms with van der Waals surface area (Å²) in [6.07, 6.45) is -0.219. The molecule has 3 aromatic rings. The van der Waals surface area contributed by atoms with E-state index in [2.05, 4.69) is 14.8 Å². The molecule has 1 N–H and O–H groups in total. The molecule has 0 bridgehead atoms. The van der Waals surface area contributed by atoms with Gasteiger partial charge in [0.25, 0.3) is 0 Å². The SMILES string of the molecule is [C-]#[N+]c1ccc2c(c1)[C@@H](Oc1ncnc3ccccc13)[C@H](O)C(C)(C)O2. The Hall–Kier alpha value is -3.17. The van der Waals surface area contributed by atoms with Crippen molar-refractivity contribution in [2.45, 2.75) is 31.7 Å². The molecular weight excluding hydrogens is 330 g/mol.